The summed E-state index contributed by atoms with van der Waals surface area (Å²) in [4.78, 5) is 0. The summed E-state index contributed by atoms with van der Waals surface area (Å²) in [6.07, 6.45) is 6.47. The third-order valence-corrected chi connectivity index (χ3v) is 4.27. The summed E-state index contributed by atoms with van der Waals surface area (Å²) in [6, 6.07) is 10.9. The van der Waals surface area contributed by atoms with E-state index in [2.05, 4.69) is 44.2 Å². The Labute approximate surface area is 99.0 Å². The van der Waals surface area contributed by atoms with Crippen LogP contribution in [0.4, 0.5) is 0 Å². The van der Waals surface area contributed by atoms with Gasteiger partial charge in [0.25, 0.3) is 0 Å². The van der Waals surface area contributed by atoms with Crippen molar-refractivity contribution >= 4 is 0 Å². The van der Waals surface area contributed by atoms with Gasteiger partial charge in [0.2, 0.25) is 0 Å². The van der Waals surface area contributed by atoms with Crippen LogP contribution in [-0.2, 0) is 5.41 Å². The van der Waals surface area contributed by atoms with Gasteiger partial charge in [-0.05, 0) is 32.3 Å². The maximum Gasteiger partial charge on any atom is 0.0195 e. The lowest BCUT2D eigenvalue weighted by Gasteiger charge is -2.48. The zero-order valence-electron chi connectivity index (χ0n) is 10.5. The summed E-state index contributed by atoms with van der Waals surface area (Å²) in [5.74, 6) is 0. The van der Waals surface area contributed by atoms with Crippen LogP contribution in [0, 0.1) is 0 Å². The van der Waals surface area contributed by atoms with Gasteiger partial charge in [-0.2, -0.15) is 0 Å². The first-order valence-corrected chi connectivity index (χ1v) is 6.41. The molecule has 0 heterocycles. The Balaban J connectivity index is 2.42. The van der Waals surface area contributed by atoms with Crippen LogP contribution >= 0.6 is 0 Å². The van der Waals surface area contributed by atoms with Crippen molar-refractivity contribution in [2.75, 3.05) is 0 Å². The lowest BCUT2D eigenvalue weighted by molar-refractivity contribution is 0.182. The van der Waals surface area contributed by atoms with Crippen molar-refractivity contribution in [2.24, 2.45) is 5.73 Å². The standard InChI is InChI=1S/C15H23N/c1-14(2,16)15(11-7-4-8-12-15)13-9-5-3-6-10-13/h3,5-6,9-10H,4,7-8,11-12,16H2,1-2H3. The van der Waals surface area contributed by atoms with E-state index in [9.17, 15) is 0 Å². The average Bonchev–Trinajstić information content (AvgIpc) is 2.30. The first-order chi connectivity index (χ1) is 7.56. The van der Waals surface area contributed by atoms with E-state index in [1.54, 1.807) is 0 Å². The summed E-state index contributed by atoms with van der Waals surface area (Å²) in [5.41, 5.74) is 7.97. The topological polar surface area (TPSA) is 26.0 Å². The molecule has 0 spiro atoms. The molecule has 1 saturated carbocycles. The highest BCUT2D eigenvalue weighted by Gasteiger charge is 2.44. The van der Waals surface area contributed by atoms with Crippen LogP contribution in [0.15, 0.2) is 30.3 Å². The number of benzene rings is 1. The first-order valence-electron chi connectivity index (χ1n) is 6.41. The van der Waals surface area contributed by atoms with Crippen LogP contribution in [0.1, 0.15) is 51.5 Å². The Bertz CT molecular complexity index is 328. The summed E-state index contributed by atoms with van der Waals surface area (Å²) >= 11 is 0. The molecule has 1 nitrogen and oxygen atoms in total. The number of hydrogen-bond acceptors (Lipinski definition) is 1. The number of hydrogen-bond donors (Lipinski definition) is 1. The fourth-order valence-corrected chi connectivity index (χ4v) is 3.22. The van der Waals surface area contributed by atoms with Gasteiger partial charge in [0.05, 0.1) is 0 Å². The van der Waals surface area contributed by atoms with Crippen molar-refractivity contribution < 1.29 is 0 Å². The Morgan fingerprint density at radius 3 is 2.06 bits per heavy atom. The van der Waals surface area contributed by atoms with Crippen molar-refractivity contribution in [1.29, 1.82) is 0 Å². The molecule has 88 valence electrons. The second-order valence-corrected chi connectivity index (χ2v) is 5.73. The molecule has 1 aromatic carbocycles. The third kappa shape index (κ3) is 1.89. The van der Waals surface area contributed by atoms with Crippen LogP contribution in [0.5, 0.6) is 0 Å². The van der Waals surface area contributed by atoms with E-state index in [1.807, 2.05) is 0 Å². The van der Waals surface area contributed by atoms with Gasteiger partial charge >= 0.3 is 0 Å². The molecule has 1 aliphatic carbocycles. The van der Waals surface area contributed by atoms with Crippen molar-refractivity contribution in [3.8, 4) is 0 Å². The Kier molecular flexibility index (Phi) is 3.07. The highest BCUT2D eigenvalue weighted by Crippen LogP contribution is 2.45. The van der Waals surface area contributed by atoms with E-state index in [0.29, 0.717) is 0 Å². The monoisotopic (exact) mass is 217 g/mol. The SMILES string of the molecule is CC(C)(N)C1(c2ccccc2)CCCCC1. The normalized spacial score (nSPS) is 20.7. The van der Waals surface area contributed by atoms with E-state index in [1.165, 1.54) is 37.7 Å². The van der Waals surface area contributed by atoms with Crippen molar-refractivity contribution in [3.05, 3.63) is 35.9 Å². The summed E-state index contributed by atoms with van der Waals surface area (Å²) in [6.45, 7) is 4.37. The zero-order chi connectivity index (χ0) is 11.6. The third-order valence-electron chi connectivity index (χ3n) is 4.27. The first kappa shape index (κ1) is 11.7. The molecule has 0 radical (unpaired) electrons. The van der Waals surface area contributed by atoms with Crippen LogP contribution in [-0.4, -0.2) is 5.54 Å². The molecule has 2 rings (SSSR count). The summed E-state index contributed by atoms with van der Waals surface area (Å²) < 4.78 is 0. The minimum absolute atomic E-state index is 0.130. The van der Waals surface area contributed by atoms with Gasteiger partial charge in [0.15, 0.2) is 0 Å². The van der Waals surface area contributed by atoms with Crippen molar-refractivity contribution in [3.63, 3.8) is 0 Å². The van der Waals surface area contributed by atoms with E-state index < -0.39 is 0 Å². The second kappa shape index (κ2) is 4.21. The van der Waals surface area contributed by atoms with Crippen LogP contribution in [0.3, 0.4) is 0 Å². The largest absolute Gasteiger partial charge is 0.325 e. The molecule has 0 saturated heterocycles. The highest BCUT2D eigenvalue weighted by atomic mass is 14.8. The second-order valence-electron chi connectivity index (χ2n) is 5.73. The van der Waals surface area contributed by atoms with E-state index in [4.69, 9.17) is 5.73 Å². The molecule has 0 bridgehead atoms. The van der Waals surface area contributed by atoms with Crippen LogP contribution in [0.25, 0.3) is 0 Å². The van der Waals surface area contributed by atoms with Gasteiger partial charge in [-0.3, -0.25) is 0 Å². The molecule has 16 heavy (non-hydrogen) atoms. The Hall–Kier alpha value is -0.820. The molecule has 1 fully saturated rings. The van der Waals surface area contributed by atoms with Gasteiger partial charge in [0, 0.05) is 11.0 Å². The fraction of sp³-hybridized carbons (Fsp3) is 0.600. The molecule has 1 aromatic rings. The summed E-state index contributed by atoms with van der Waals surface area (Å²) in [7, 11) is 0. The van der Waals surface area contributed by atoms with Gasteiger partial charge in [-0.1, -0.05) is 49.6 Å². The van der Waals surface area contributed by atoms with Crippen molar-refractivity contribution in [2.45, 2.75) is 56.9 Å². The Morgan fingerprint density at radius 1 is 1.00 bits per heavy atom. The fourth-order valence-electron chi connectivity index (χ4n) is 3.22. The van der Waals surface area contributed by atoms with E-state index in [0.717, 1.165) is 0 Å². The molecule has 1 heteroatoms. The predicted molar refractivity (Wildman–Crippen MR) is 69.5 cm³/mol. The predicted octanol–water partition coefficient (Wildman–Crippen LogP) is 3.63. The molecule has 0 aliphatic heterocycles. The molecular weight excluding hydrogens is 194 g/mol. The van der Waals surface area contributed by atoms with Gasteiger partial charge in [0.1, 0.15) is 0 Å². The lowest BCUT2D eigenvalue weighted by atomic mass is 9.60. The summed E-state index contributed by atoms with van der Waals surface area (Å²) in [5, 5.41) is 0. The van der Waals surface area contributed by atoms with Crippen LogP contribution in [0.2, 0.25) is 0 Å². The average molecular weight is 217 g/mol. The highest BCUT2D eigenvalue weighted by molar-refractivity contribution is 5.30. The van der Waals surface area contributed by atoms with Crippen molar-refractivity contribution in [1.82, 2.24) is 0 Å². The molecule has 1 aliphatic rings. The van der Waals surface area contributed by atoms with E-state index >= 15 is 0 Å². The maximum atomic E-state index is 6.48. The maximum absolute atomic E-state index is 6.48. The number of rotatable bonds is 2. The molecular formula is C15H23N. The number of nitrogens with two attached hydrogens (primary N) is 1. The van der Waals surface area contributed by atoms with Gasteiger partial charge in [-0.15, -0.1) is 0 Å². The molecule has 0 atom stereocenters. The Morgan fingerprint density at radius 2 is 1.56 bits per heavy atom. The molecule has 0 unspecified atom stereocenters. The van der Waals surface area contributed by atoms with Gasteiger partial charge < -0.3 is 5.73 Å². The van der Waals surface area contributed by atoms with Crippen LogP contribution < -0.4 is 5.73 Å². The van der Waals surface area contributed by atoms with E-state index in [-0.39, 0.29) is 11.0 Å². The molecule has 0 amide bonds. The smallest absolute Gasteiger partial charge is 0.0195 e. The van der Waals surface area contributed by atoms with Gasteiger partial charge in [-0.25, -0.2) is 0 Å². The lowest BCUT2D eigenvalue weighted by Crippen LogP contribution is -2.54. The molecule has 0 aromatic heterocycles. The zero-order valence-corrected chi connectivity index (χ0v) is 10.5. The quantitative estimate of drug-likeness (QED) is 0.804. The minimum Gasteiger partial charge on any atom is -0.325 e. The minimum atomic E-state index is -0.130. The molecule has 2 N–H and O–H groups in total.